The molecular formula is C120H163Cl7N14O7. The minimum absolute atomic E-state index is 0.0265. The summed E-state index contributed by atoms with van der Waals surface area (Å²) in [4.78, 5) is 23.6. The second-order valence-corrected chi connectivity index (χ2v) is 52.1. The third-order valence-corrected chi connectivity index (χ3v) is 32.7. The average Bonchev–Trinajstić information content (AvgIpc) is 0.715. The number of halogens is 7. The van der Waals surface area contributed by atoms with Gasteiger partial charge >= 0.3 is 0 Å². The molecule has 148 heavy (non-hydrogen) atoms. The Balaban J connectivity index is 0.000000211. The smallest absolute Gasteiger partial charge is 0.205 e. The van der Waals surface area contributed by atoms with E-state index in [1.54, 1.807) is 84.9 Å². The monoisotopic (exact) mass is 2160 g/mol. The van der Waals surface area contributed by atoms with E-state index in [1.165, 1.54) is 0 Å². The Morgan fingerprint density at radius 3 is 0.446 bits per heavy atom. The maximum absolute atomic E-state index is 7.05. The van der Waals surface area contributed by atoms with Gasteiger partial charge in [0.05, 0.1) is 81.2 Å². The number of hydrogen-bond acceptors (Lipinski definition) is 14. The van der Waals surface area contributed by atoms with Crippen LogP contribution in [0.3, 0.4) is 0 Å². The van der Waals surface area contributed by atoms with Gasteiger partial charge in [-0.15, -0.1) is 0 Å². The first-order chi connectivity index (χ1) is 68.4. The van der Waals surface area contributed by atoms with Gasteiger partial charge in [-0.25, -0.2) is 33.9 Å². The highest BCUT2D eigenvalue weighted by Gasteiger charge is 2.67. The molecule has 7 aliphatic carbocycles. The zero-order valence-corrected chi connectivity index (χ0v) is 99.3. The van der Waals surface area contributed by atoms with Gasteiger partial charge in [-0.1, -0.05) is 373 Å². The molecule has 7 aromatic rings. The van der Waals surface area contributed by atoms with Crippen molar-refractivity contribution >= 4 is 121 Å². The molecule has 14 rings (SSSR count). The minimum atomic E-state index is 0.0265. The Labute approximate surface area is 922 Å². The van der Waals surface area contributed by atoms with Gasteiger partial charge in [0.1, 0.15) is 83.0 Å². The van der Waals surface area contributed by atoms with Crippen LogP contribution in [0.15, 0.2) is 127 Å². The molecule has 2 unspecified atom stereocenters. The molecule has 0 radical (unpaired) electrons. The molecule has 0 heterocycles. The molecule has 7 fully saturated rings. The SMILES string of the molecule is [C-]#[N+]c1ccc(OC2C(C)(C)C(NC(C)C)C2(C)C)cc1Cl.[C-]#[N+]c1ccc(OC2C(C)(C)C(NC(C)C)C2(C)C)cc1Cl.[C-]#[N+]c1ccc(OC2C(C)(C)C(NC(C)C)C2(C)C)cc1Cl.[C-]#[N+]c1ccc(OC2C(C)(C)C(NC(C)C)C2(C)C)cc1Cl.[C-]#[N+]c1ccc(OC2CC(NC(C)C)C2(C)C)cc1Cl.[C-]#[N+]c1ccc(O[C@@H]2C[C@@H](NC(C)C)C2(C)C)cc1Cl.[C-]#[N+]c1ccc(O[C@@H]2C[C@H](NC(C)C)C2(C)C)cc1Cl. The molecule has 28 heteroatoms. The van der Waals surface area contributed by atoms with Crippen molar-refractivity contribution in [1.29, 1.82) is 0 Å². The van der Waals surface area contributed by atoms with Crippen molar-refractivity contribution in [3.63, 3.8) is 0 Å². The van der Waals surface area contributed by atoms with Gasteiger partial charge in [-0.05, 0) is 84.9 Å². The number of hydrogen-bond donors (Lipinski definition) is 7. The summed E-state index contributed by atoms with van der Waals surface area (Å²) in [7, 11) is 0. The lowest BCUT2D eigenvalue weighted by Gasteiger charge is -2.63. The average molecular weight is 2160 g/mol. The standard InChI is InChI=1S/4C18H25ClN2O.3C16H21ClN2O/c4*1-11(2)21-15-17(3,4)16(18(15,5)6)22-12-8-9-14(20-7)13(19)10-12;3*1-10(2)19-14-9-15(16(14,3)4)20-11-6-7-13(18-5)12(17)8-11/h4*8-11,15-16,21H,1-6H3;3*6-8,10,14-15,19H,9H2,1-4H3/t;;;;14-,15+;14-,15-;/m....01./s1. The van der Waals surface area contributed by atoms with E-state index in [2.05, 4.69) is 320 Å². The van der Waals surface area contributed by atoms with Crippen LogP contribution in [0.25, 0.3) is 33.9 Å². The first-order valence-electron chi connectivity index (χ1n) is 51.6. The van der Waals surface area contributed by atoms with E-state index in [0.29, 0.717) is 160 Å². The van der Waals surface area contributed by atoms with E-state index < -0.39 is 0 Å². The molecule has 0 bridgehead atoms. The third kappa shape index (κ3) is 29.1. The predicted molar refractivity (Wildman–Crippen MR) is 615 cm³/mol. The molecule has 7 aromatic carbocycles. The molecule has 6 atom stereocenters. The van der Waals surface area contributed by atoms with Crippen molar-refractivity contribution in [1.82, 2.24) is 37.2 Å². The van der Waals surface area contributed by atoms with Crippen molar-refractivity contribution in [3.8, 4) is 40.2 Å². The molecule has 7 N–H and O–H groups in total. The number of nitrogens with zero attached hydrogens (tertiary/aromatic N) is 7. The third-order valence-electron chi connectivity index (χ3n) is 30.6. The van der Waals surface area contributed by atoms with Gasteiger partial charge in [0.25, 0.3) is 0 Å². The first kappa shape index (κ1) is 125. The zero-order valence-electron chi connectivity index (χ0n) is 94.0. The summed E-state index contributed by atoms with van der Waals surface area (Å²) in [5, 5.41) is 28.5. The van der Waals surface area contributed by atoms with Crippen LogP contribution in [0.1, 0.15) is 269 Å². The van der Waals surface area contributed by atoms with Crippen LogP contribution >= 0.6 is 81.2 Å². The Bertz CT molecular complexity index is 5310. The quantitative estimate of drug-likeness (QED) is 0.0230. The Kier molecular flexibility index (Phi) is 42.1. The summed E-state index contributed by atoms with van der Waals surface area (Å²) < 4.78 is 43.1. The maximum atomic E-state index is 7.05. The number of ether oxygens (including phenoxy) is 7. The number of benzene rings is 7. The fourth-order valence-corrected chi connectivity index (χ4v) is 25.2. The van der Waals surface area contributed by atoms with Crippen LogP contribution in [0.2, 0.25) is 35.2 Å². The van der Waals surface area contributed by atoms with Gasteiger partial charge in [-0.2, -0.15) is 0 Å². The lowest BCUT2D eigenvalue weighted by Crippen LogP contribution is -2.74. The van der Waals surface area contributed by atoms with Gasteiger partial charge < -0.3 is 70.4 Å². The van der Waals surface area contributed by atoms with Crippen LogP contribution in [0.4, 0.5) is 39.8 Å². The van der Waals surface area contributed by atoms with Crippen LogP contribution in [0.5, 0.6) is 40.2 Å². The Morgan fingerprint density at radius 1 is 0.209 bits per heavy atom. The predicted octanol–water partition coefficient (Wildman–Crippen LogP) is 33.6. The van der Waals surface area contributed by atoms with Crippen molar-refractivity contribution in [2.24, 2.45) is 59.6 Å². The fourth-order valence-electron chi connectivity index (χ4n) is 23.7. The molecule has 7 aliphatic rings. The largest absolute Gasteiger partial charge is 0.490 e. The molecule has 21 nitrogen and oxygen atoms in total. The summed E-state index contributed by atoms with van der Waals surface area (Å²) in [5.41, 5.74) is 3.72. The maximum Gasteiger partial charge on any atom is 0.205 e. The van der Waals surface area contributed by atoms with E-state index in [9.17, 15) is 0 Å². The van der Waals surface area contributed by atoms with Crippen molar-refractivity contribution in [3.05, 3.63) is 242 Å². The summed E-state index contributed by atoms with van der Waals surface area (Å²) in [6.07, 6.45) is 3.86. The molecule has 0 aromatic heterocycles. The number of nitrogens with one attached hydrogen (secondary N) is 7. The number of rotatable bonds is 28. The van der Waals surface area contributed by atoms with Crippen LogP contribution in [-0.4, -0.2) is 127 Å². The lowest BCUT2D eigenvalue weighted by atomic mass is 9.49. The first-order valence-corrected chi connectivity index (χ1v) is 54.3. The molecule has 804 valence electrons. The van der Waals surface area contributed by atoms with Crippen molar-refractivity contribution < 1.29 is 33.2 Å². The highest BCUT2D eigenvalue weighted by molar-refractivity contribution is 6.35. The zero-order chi connectivity index (χ0) is 112. The topological polar surface area (TPSA) is 179 Å². The van der Waals surface area contributed by atoms with Crippen molar-refractivity contribution in [2.45, 2.75) is 396 Å². The molecular weight excluding hydrogens is 2000 g/mol. The molecule has 0 aliphatic heterocycles. The van der Waals surface area contributed by atoms with E-state index in [1.807, 2.05) is 42.5 Å². The molecule has 7 saturated carbocycles. The minimum Gasteiger partial charge on any atom is -0.490 e. The van der Waals surface area contributed by atoms with Gasteiger partial charge in [0, 0.05) is 163 Å². The highest BCUT2D eigenvalue weighted by atomic mass is 35.5. The normalized spacial score (nSPS) is 24.9. The van der Waals surface area contributed by atoms with E-state index >= 15 is 0 Å². The molecule has 0 amide bonds. The van der Waals surface area contributed by atoms with E-state index in [4.69, 9.17) is 160 Å². The summed E-state index contributed by atoms with van der Waals surface area (Å²) in [6, 6.07) is 43.1. The van der Waals surface area contributed by atoms with Crippen LogP contribution in [0, 0.1) is 106 Å². The van der Waals surface area contributed by atoms with Crippen LogP contribution in [-0.2, 0) is 0 Å². The van der Waals surface area contributed by atoms with E-state index in [-0.39, 0.29) is 102 Å². The Hall–Kier alpha value is -8.68. The summed E-state index contributed by atoms with van der Waals surface area (Å²) >= 11 is 42.5. The van der Waals surface area contributed by atoms with Crippen molar-refractivity contribution in [2.75, 3.05) is 0 Å². The lowest BCUT2D eigenvalue weighted by molar-refractivity contribution is -0.170. The fraction of sp³-hybridized carbons (Fsp3) is 0.592. The van der Waals surface area contributed by atoms with Gasteiger partial charge in [0.15, 0.2) is 0 Å². The van der Waals surface area contributed by atoms with E-state index in [0.717, 1.165) is 59.5 Å². The highest BCUT2D eigenvalue weighted by Crippen LogP contribution is 2.61. The summed E-state index contributed by atoms with van der Waals surface area (Å²) in [5.74, 6) is 5.13. The van der Waals surface area contributed by atoms with Crippen LogP contribution < -0.4 is 70.4 Å². The van der Waals surface area contributed by atoms with Gasteiger partial charge in [-0.3, -0.25) is 0 Å². The molecule has 0 spiro atoms. The molecule has 0 saturated heterocycles. The Morgan fingerprint density at radius 2 is 0.338 bits per heavy atom. The second kappa shape index (κ2) is 50.0. The second-order valence-electron chi connectivity index (χ2n) is 49.3. The van der Waals surface area contributed by atoms with Gasteiger partial charge in [0.2, 0.25) is 39.8 Å². The summed E-state index contributed by atoms with van der Waals surface area (Å²) in [6.45, 7) is 129.